The maximum Gasteiger partial charge on any atom is 0.336 e. The van der Waals surface area contributed by atoms with E-state index in [2.05, 4.69) is 4.98 Å². The summed E-state index contributed by atoms with van der Waals surface area (Å²) in [7, 11) is 3.11. The lowest BCUT2D eigenvalue weighted by Crippen LogP contribution is -2.49. The van der Waals surface area contributed by atoms with Crippen LogP contribution in [0.25, 0.3) is 0 Å². The van der Waals surface area contributed by atoms with Crippen molar-refractivity contribution in [2.24, 2.45) is 0 Å². The molecule has 2 aromatic carbocycles. The Morgan fingerprint density at radius 2 is 1.07 bits per heavy atom. The van der Waals surface area contributed by atoms with Crippen LogP contribution in [0.4, 0.5) is 0 Å². The highest BCUT2D eigenvalue weighted by Gasteiger charge is 2.11. The zero-order chi connectivity index (χ0) is 19.4. The van der Waals surface area contributed by atoms with Crippen molar-refractivity contribution in [3.63, 3.8) is 0 Å². The summed E-state index contributed by atoms with van der Waals surface area (Å²) in [6.45, 7) is 0.0854. The van der Waals surface area contributed by atoms with Crippen molar-refractivity contribution in [1.82, 2.24) is 14.1 Å². The van der Waals surface area contributed by atoms with E-state index >= 15 is 0 Å². The van der Waals surface area contributed by atoms with Gasteiger partial charge in [0.1, 0.15) is 11.5 Å². The lowest BCUT2D eigenvalue weighted by Gasteiger charge is -2.10. The van der Waals surface area contributed by atoms with Gasteiger partial charge in [0.05, 0.1) is 27.3 Å². The molecule has 27 heavy (non-hydrogen) atoms. The van der Waals surface area contributed by atoms with Crippen LogP contribution >= 0.6 is 0 Å². The lowest BCUT2D eigenvalue weighted by atomic mass is 10.2. The predicted octanol–water partition coefficient (Wildman–Crippen LogP) is 0.812. The Morgan fingerprint density at radius 1 is 0.704 bits per heavy atom. The fraction of sp³-hybridized carbons (Fsp3) is 0.211. The molecule has 0 radical (unpaired) electrons. The van der Waals surface area contributed by atoms with Gasteiger partial charge in [0.2, 0.25) is 0 Å². The van der Waals surface area contributed by atoms with E-state index in [1.807, 2.05) is 0 Å². The molecular formula is C19H19N3O5. The van der Waals surface area contributed by atoms with Crippen molar-refractivity contribution in [3.8, 4) is 11.5 Å². The van der Waals surface area contributed by atoms with Crippen LogP contribution in [0.5, 0.6) is 11.5 Å². The second-order valence-corrected chi connectivity index (χ2v) is 5.89. The van der Waals surface area contributed by atoms with Crippen molar-refractivity contribution >= 4 is 0 Å². The summed E-state index contributed by atoms with van der Waals surface area (Å²) in [6.07, 6.45) is 0. The van der Waals surface area contributed by atoms with Crippen LogP contribution in [0.15, 0.2) is 62.9 Å². The van der Waals surface area contributed by atoms with E-state index in [4.69, 9.17) is 9.47 Å². The molecule has 8 heteroatoms. The molecule has 1 N–H and O–H groups in total. The Morgan fingerprint density at radius 3 is 1.41 bits per heavy atom. The molecule has 140 valence electrons. The topological polar surface area (TPSA) is 95.3 Å². The summed E-state index contributed by atoms with van der Waals surface area (Å²) in [5.74, 6) is 1.34. The average Bonchev–Trinajstić information content (AvgIpc) is 2.69. The second-order valence-electron chi connectivity index (χ2n) is 5.89. The number of nitrogens with zero attached hydrogens (tertiary/aromatic N) is 2. The summed E-state index contributed by atoms with van der Waals surface area (Å²) in [6, 6.07) is 14.0. The van der Waals surface area contributed by atoms with E-state index in [0.717, 1.165) is 20.3 Å². The molecule has 0 unspecified atom stereocenters. The van der Waals surface area contributed by atoms with Crippen LogP contribution in [0, 0.1) is 0 Å². The smallest absolute Gasteiger partial charge is 0.336 e. The molecule has 0 aliphatic carbocycles. The average molecular weight is 369 g/mol. The molecule has 3 rings (SSSR count). The zero-order valence-electron chi connectivity index (χ0n) is 15.0. The fourth-order valence-electron chi connectivity index (χ4n) is 2.65. The van der Waals surface area contributed by atoms with Gasteiger partial charge in [-0.2, -0.15) is 0 Å². The molecule has 0 atom stereocenters. The van der Waals surface area contributed by atoms with Gasteiger partial charge in [-0.3, -0.25) is 4.98 Å². The molecule has 8 nitrogen and oxygen atoms in total. The number of nitrogens with one attached hydrogen (secondary N) is 1. The van der Waals surface area contributed by atoms with Crippen LogP contribution in [-0.2, 0) is 13.1 Å². The SMILES string of the molecule is COc1ccc(Cn2c(=O)[nH]c(=O)n(Cc3ccc(OC)cc3)c2=O)cc1. The summed E-state index contributed by atoms with van der Waals surface area (Å²) < 4.78 is 12.2. The minimum absolute atomic E-state index is 0.0427. The van der Waals surface area contributed by atoms with E-state index < -0.39 is 17.1 Å². The van der Waals surface area contributed by atoms with Gasteiger partial charge in [0, 0.05) is 0 Å². The number of hydrogen-bond donors (Lipinski definition) is 1. The summed E-state index contributed by atoms with van der Waals surface area (Å²) in [5.41, 5.74) is -0.690. The van der Waals surface area contributed by atoms with Crippen molar-refractivity contribution < 1.29 is 9.47 Å². The maximum absolute atomic E-state index is 12.7. The molecule has 0 spiro atoms. The Labute approximate surface area is 154 Å². The molecular weight excluding hydrogens is 350 g/mol. The number of ether oxygens (including phenoxy) is 2. The van der Waals surface area contributed by atoms with Gasteiger partial charge in [0.15, 0.2) is 0 Å². The van der Waals surface area contributed by atoms with Crippen molar-refractivity contribution in [2.45, 2.75) is 13.1 Å². The summed E-state index contributed by atoms with van der Waals surface area (Å²) in [5, 5.41) is 0. The highest BCUT2D eigenvalue weighted by atomic mass is 16.5. The first-order chi connectivity index (χ1) is 13.0. The van der Waals surface area contributed by atoms with Gasteiger partial charge in [-0.1, -0.05) is 24.3 Å². The van der Waals surface area contributed by atoms with Crippen molar-refractivity contribution in [3.05, 3.63) is 91.1 Å². The molecule has 0 saturated heterocycles. The largest absolute Gasteiger partial charge is 0.497 e. The number of benzene rings is 2. The van der Waals surface area contributed by atoms with E-state index in [0.29, 0.717) is 11.5 Å². The monoisotopic (exact) mass is 369 g/mol. The minimum Gasteiger partial charge on any atom is -0.497 e. The van der Waals surface area contributed by atoms with Crippen LogP contribution in [0.1, 0.15) is 11.1 Å². The van der Waals surface area contributed by atoms with Gasteiger partial charge in [-0.15, -0.1) is 0 Å². The van der Waals surface area contributed by atoms with Gasteiger partial charge in [-0.25, -0.2) is 23.5 Å². The number of methoxy groups -OCH3 is 2. The first-order valence-corrected chi connectivity index (χ1v) is 8.21. The summed E-state index contributed by atoms with van der Waals surface area (Å²) >= 11 is 0. The Hall–Kier alpha value is -3.55. The molecule has 0 saturated carbocycles. The van der Waals surface area contributed by atoms with E-state index in [-0.39, 0.29) is 13.1 Å². The second kappa shape index (κ2) is 7.77. The molecule has 0 amide bonds. The quantitative estimate of drug-likeness (QED) is 0.694. The third kappa shape index (κ3) is 4.00. The van der Waals surface area contributed by atoms with Crippen LogP contribution in [-0.4, -0.2) is 28.3 Å². The van der Waals surface area contributed by atoms with Crippen LogP contribution < -0.4 is 26.5 Å². The van der Waals surface area contributed by atoms with E-state index in [1.54, 1.807) is 62.8 Å². The van der Waals surface area contributed by atoms with Crippen molar-refractivity contribution in [2.75, 3.05) is 14.2 Å². The molecule has 0 aliphatic heterocycles. The fourth-order valence-corrected chi connectivity index (χ4v) is 2.65. The minimum atomic E-state index is -0.744. The van der Waals surface area contributed by atoms with Crippen molar-refractivity contribution in [1.29, 1.82) is 0 Å². The third-order valence-electron chi connectivity index (χ3n) is 4.17. The van der Waals surface area contributed by atoms with Gasteiger partial charge >= 0.3 is 17.1 Å². The van der Waals surface area contributed by atoms with E-state index in [9.17, 15) is 14.4 Å². The summed E-state index contributed by atoms with van der Waals surface area (Å²) in [4.78, 5) is 39.2. The normalized spacial score (nSPS) is 10.6. The number of rotatable bonds is 6. The molecule has 3 aromatic rings. The first kappa shape index (κ1) is 18.2. The van der Waals surface area contributed by atoms with Gasteiger partial charge in [0.25, 0.3) is 0 Å². The molecule has 1 aromatic heterocycles. The molecule has 0 bridgehead atoms. The molecule has 0 fully saturated rings. The predicted molar refractivity (Wildman–Crippen MR) is 99.8 cm³/mol. The standard InChI is InChI=1S/C19H19N3O5/c1-26-15-7-3-13(4-8-15)11-21-17(23)20-18(24)22(19(21)25)12-14-5-9-16(27-2)10-6-14/h3-10H,11-12H2,1-2H3,(H,20,23,24). The van der Waals surface area contributed by atoms with Crippen LogP contribution in [0.3, 0.4) is 0 Å². The molecule has 1 heterocycles. The number of aromatic amines is 1. The highest BCUT2D eigenvalue weighted by Crippen LogP contribution is 2.12. The lowest BCUT2D eigenvalue weighted by molar-refractivity contribution is 0.414. The Balaban J connectivity index is 1.95. The van der Waals surface area contributed by atoms with E-state index in [1.165, 1.54) is 0 Å². The Kier molecular flexibility index (Phi) is 5.25. The Bertz CT molecular complexity index is 1010. The maximum atomic E-state index is 12.7. The first-order valence-electron chi connectivity index (χ1n) is 8.21. The zero-order valence-corrected chi connectivity index (χ0v) is 15.0. The number of H-pyrrole nitrogens is 1. The van der Waals surface area contributed by atoms with Gasteiger partial charge < -0.3 is 9.47 Å². The number of aromatic nitrogens is 3. The van der Waals surface area contributed by atoms with Crippen LogP contribution in [0.2, 0.25) is 0 Å². The highest BCUT2D eigenvalue weighted by molar-refractivity contribution is 5.28. The molecule has 0 aliphatic rings. The third-order valence-corrected chi connectivity index (χ3v) is 4.17. The van der Waals surface area contributed by atoms with Gasteiger partial charge in [-0.05, 0) is 35.4 Å². The number of hydrogen-bond acceptors (Lipinski definition) is 5.